The number of rotatable bonds is 1. The van der Waals surface area contributed by atoms with Gasteiger partial charge in [-0.3, -0.25) is 0 Å². The average Bonchev–Trinajstić information content (AvgIpc) is 2.87. The minimum atomic E-state index is -1.85. The molecule has 178 valence electrons. The van der Waals surface area contributed by atoms with Crippen LogP contribution in [0.1, 0.15) is 37.0 Å². The van der Waals surface area contributed by atoms with Crippen molar-refractivity contribution in [3.63, 3.8) is 0 Å². The number of ether oxygens (including phenoxy) is 1. The standard InChI is InChI=1S/C26H25F4N2O2/c1-12-10-32-6-5-13(12)7-20(32)26(33)16-9-19(31-18-4-3-14(34-2)8-15(16)18)21-17(11-32)22(27)24(29)25(30)23(21)28/h3-4,8-9,12-13,20,26,33H,5-7,10-11H2,1-2H3/q+1. The molecule has 3 aromatic rings. The summed E-state index contributed by atoms with van der Waals surface area (Å²) in [4.78, 5) is 4.49. The lowest BCUT2D eigenvalue weighted by Crippen LogP contribution is -2.67. The zero-order valence-corrected chi connectivity index (χ0v) is 18.9. The molecule has 1 aromatic heterocycles. The Kier molecular flexibility index (Phi) is 4.74. The van der Waals surface area contributed by atoms with Crippen LogP contribution < -0.4 is 4.74 Å². The minimum Gasteiger partial charge on any atom is -0.497 e. The van der Waals surface area contributed by atoms with Crippen LogP contribution in [0.5, 0.6) is 5.75 Å². The van der Waals surface area contributed by atoms with Crippen LogP contribution in [0.2, 0.25) is 0 Å². The molecule has 1 N–H and O–H groups in total. The molecule has 4 bridgehead atoms. The number of fused-ring (bicyclic) bond motifs is 8. The van der Waals surface area contributed by atoms with E-state index in [1.807, 2.05) is 0 Å². The molecule has 4 aliphatic heterocycles. The molecule has 0 radical (unpaired) electrons. The predicted octanol–water partition coefficient (Wildman–Crippen LogP) is 5.26. The van der Waals surface area contributed by atoms with Crippen molar-refractivity contribution in [2.75, 3.05) is 20.2 Å². The second-order valence-electron chi connectivity index (χ2n) is 10.1. The third-order valence-corrected chi connectivity index (χ3v) is 8.47. The molecule has 2 aromatic carbocycles. The van der Waals surface area contributed by atoms with Gasteiger partial charge < -0.3 is 14.3 Å². The summed E-state index contributed by atoms with van der Waals surface area (Å²) in [7, 11) is 1.53. The van der Waals surface area contributed by atoms with Crippen LogP contribution in [-0.4, -0.2) is 40.8 Å². The molecule has 34 heavy (non-hydrogen) atoms. The van der Waals surface area contributed by atoms with E-state index in [1.165, 1.54) is 13.2 Å². The predicted molar refractivity (Wildman–Crippen MR) is 118 cm³/mol. The Morgan fingerprint density at radius 3 is 2.56 bits per heavy atom. The second kappa shape index (κ2) is 7.39. The number of aliphatic hydroxyl groups is 1. The van der Waals surface area contributed by atoms with Crippen molar-refractivity contribution in [2.45, 2.75) is 38.5 Å². The maximum atomic E-state index is 15.3. The van der Waals surface area contributed by atoms with Crippen molar-refractivity contribution < 1.29 is 31.9 Å². The first kappa shape index (κ1) is 21.8. The number of benzene rings is 2. The third-order valence-electron chi connectivity index (χ3n) is 8.47. The van der Waals surface area contributed by atoms with Gasteiger partial charge in [-0.1, -0.05) is 6.92 Å². The number of halogens is 4. The van der Waals surface area contributed by atoms with Crippen LogP contribution >= 0.6 is 0 Å². The van der Waals surface area contributed by atoms with E-state index in [1.54, 1.807) is 18.2 Å². The van der Waals surface area contributed by atoms with E-state index in [4.69, 9.17) is 4.74 Å². The number of nitrogens with zero attached hydrogens (tertiary/aromatic N) is 2. The molecule has 0 amide bonds. The molecule has 5 heterocycles. The molecule has 4 aliphatic rings. The number of aliphatic hydroxyl groups excluding tert-OH is 1. The summed E-state index contributed by atoms with van der Waals surface area (Å²) in [6.07, 6.45) is 0.661. The van der Waals surface area contributed by atoms with Crippen molar-refractivity contribution in [1.29, 1.82) is 0 Å². The highest BCUT2D eigenvalue weighted by Crippen LogP contribution is 2.50. The Balaban J connectivity index is 1.72. The fraction of sp³-hybridized carbons (Fsp3) is 0.423. The Morgan fingerprint density at radius 2 is 1.82 bits per heavy atom. The second-order valence-corrected chi connectivity index (χ2v) is 10.1. The first-order chi connectivity index (χ1) is 16.2. The van der Waals surface area contributed by atoms with Crippen LogP contribution in [0.25, 0.3) is 22.2 Å². The van der Waals surface area contributed by atoms with Gasteiger partial charge in [0.1, 0.15) is 24.4 Å². The highest BCUT2D eigenvalue weighted by atomic mass is 19.2. The smallest absolute Gasteiger partial charge is 0.198 e. The van der Waals surface area contributed by atoms with Crippen LogP contribution in [-0.2, 0) is 6.54 Å². The Bertz CT molecular complexity index is 1350. The summed E-state index contributed by atoms with van der Waals surface area (Å²) in [5.41, 5.74) is 0.351. The number of pyridine rings is 1. The minimum absolute atomic E-state index is 0.0149. The van der Waals surface area contributed by atoms with Crippen LogP contribution in [0, 0.1) is 35.1 Å². The number of piperidine rings is 3. The molecule has 3 fully saturated rings. The molecular weight excluding hydrogens is 448 g/mol. The van der Waals surface area contributed by atoms with Crippen LogP contribution in [0.4, 0.5) is 17.6 Å². The number of methoxy groups -OCH3 is 1. The Morgan fingerprint density at radius 1 is 1.06 bits per heavy atom. The molecule has 5 atom stereocenters. The van der Waals surface area contributed by atoms with Gasteiger partial charge in [-0.2, -0.15) is 0 Å². The quantitative estimate of drug-likeness (QED) is 0.227. The summed E-state index contributed by atoms with van der Waals surface area (Å²) in [6.45, 7) is 3.40. The van der Waals surface area contributed by atoms with Crippen molar-refractivity contribution in [1.82, 2.24) is 4.98 Å². The van der Waals surface area contributed by atoms with Gasteiger partial charge in [0.15, 0.2) is 23.3 Å². The Hall–Kier alpha value is -2.71. The van der Waals surface area contributed by atoms with Gasteiger partial charge >= 0.3 is 0 Å². The fourth-order valence-electron chi connectivity index (χ4n) is 6.74. The molecule has 0 aliphatic carbocycles. The zero-order valence-electron chi connectivity index (χ0n) is 18.9. The number of hydrogen-bond acceptors (Lipinski definition) is 3. The molecule has 0 saturated carbocycles. The molecule has 4 nitrogen and oxygen atoms in total. The fourth-order valence-corrected chi connectivity index (χ4v) is 6.74. The lowest BCUT2D eigenvalue weighted by atomic mass is 9.72. The van der Waals surface area contributed by atoms with Gasteiger partial charge in [-0.05, 0) is 35.7 Å². The lowest BCUT2D eigenvalue weighted by molar-refractivity contribution is -0.985. The van der Waals surface area contributed by atoms with Crippen LogP contribution in [0.15, 0.2) is 24.3 Å². The SMILES string of the molecule is COc1ccc2nc3cc(c2c1)C(O)C1CC2CC[N+]1(Cc1c(F)c(F)c(F)c(F)c1-3)CC2C. The topological polar surface area (TPSA) is 42.4 Å². The van der Waals surface area contributed by atoms with E-state index in [9.17, 15) is 13.9 Å². The summed E-state index contributed by atoms with van der Waals surface area (Å²) < 4.78 is 65.2. The summed E-state index contributed by atoms with van der Waals surface area (Å²) in [5, 5.41) is 12.4. The summed E-state index contributed by atoms with van der Waals surface area (Å²) in [6, 6.07) is 6.31. The first-order valence-electron chi connectivity index (χ1n) is 11.6. The monoisotopic (exact) mass is 473 g/mol. The molecule has 1 spiro atoms. The van der Waals surface area contributed by atoms with Crippen molar-refractivity contribution in [3.05, 3.63) is 58.7 Å². The number of quaternary nitrogens is 1. The van der Waals surface area contributed by atoms with E-state index in [-0.39, 0.29) is 29.4 Å². The van der Waals surface area contributed by atoms with Crippen LogP contribution in [0.3, 0.4) is 0 Å². The highest BCUT2D eigenvalue weighted by Gasteiger charge is 2.54. The van der Waals surface area contributed by atoms with Gasteiger partial charge in [-0.15, -0.1) is 0 Å². The molecular formula is C26H25F4N2O2+. The summed E-state index contributed by atoms with van der Waals surface area (Å²) >= 11 is 0. The number of aromatic nitrogens is 1. The van der Waals surface area contributed by atoms with E-state index >= 15 is 8.78 Å². The van der Waals surface area contributed by atoms with Crippen molar-refractivity contribution in [2.24, 2.45) is 11.8 Å². The van der Waals surface area contributed by atoms with Crippen molar-refractivity contribution in [3.8, 4) is 17.0 Å². The van der Waals surface area contributed by atoms with E-state index in [2.05, 4.69) is 11.9 Å². The molecule has 7 rings (SSSR count). The number of hydrogen-bond donors (Lipinski definition) is 1. The van der Waals surface area contributed by atoms with E-state index in [0.29, 0.717) is 58.0 Å². The van der Waals surface area contributed by atoms with E-state index < -0.39 is 29.4 Å². The van der Waals surface area contributed by atoms with Gasteiger partial charge in [-0.25, -0.2) is 22.5 Å². The van der Waals surface area contributed by atoms with Crippen molar-refractivity contribution >= 4 is 10.9 Å². The first-order valence-corrected chi connectivity index (χ1v) is 11.6. The maximum Gasteiger partial charge on any atom is 0.198 e. The summed E-state index contributed by atoms with van der Waals surface area (Å²) in [5.74, 6) is -5.19. The van der Waals surface area contributed by atoms with Gasteiger partial charge in [0, 0.05) is 24.1 Å². The molecule has 8 heteroatoms. The largest absolute Gasteiger partial charge is 0.497 e. The van der Waals surface area contributed by atoms with E-state index in [0.717, 1.165) is 6.42 Å². The Labute approximate surface area is 194 Å². The zero-order chi connectivity index (χ0) is 23.9. The highest BCUT2D eigenvalue weighted by molar-refractivity contribution is 5.87. The van der Waals surface area contributed by atoms with Gasteiger partial charge in [0.05, 0.1) is 42.5 Å². The average molecular weight is 473 g/mol. The lowest BCUT2D eigenvalue weighted by Gasteiger charge is -2.58. The third kappa shape index (κ3) is 2.88. The molecule has 3 saturated heterocycles. The van der Waals surface area contributed by atoms with Gasteiger partial charge in [0.2, 0.25) is 0 Å². The normalized spacial score (nSPS) is 29.7. The maximum absolute atomic E-state index is 15.3. The van der Waals surface area contributed by atoms with Gasteiger partial charge in [0.25, 0.3) is 0 Å². The molecule has 5 unspecified atom stereocenters.